The first kappa shape index (κ1) is 39.2. The van der Waals surface area contributed by atoms with Crippen molar-refractivity contribution in [2.24, 2.45) is 0 Å². The van der Waals surface area contributed by atoms with Crippen LogP contribution in [0, 0.1) is 0 Å². The molecular weight excluding hydrogens is 657 g/mol. The molecule has 0 unspecified atom stereocenters. The van der Waals surface area contributed by atoms with Crippen molar-refractivity contribution < 1.29 is 47.4 Å². The Kier molecular flexibility index (Phi) is 12.5. The Morgan fingerprint density at radius 3 is 2.00 bits per heavy atom. The summed E-state index contributed by atoms with van der Waals surface area (Å²) in [6.45, 7) is 23.5. The summed E-state index contributed by atoms with van der Waals surface area (Å²) in [6, 6.07) is 19.8. The van der Waals surface area contributed by atoms with Crippen LogP contribution in [0.25, 0.3) is 0 Å². The zero-order valence-corrected chi connectivity index (χ0v) is 32.2. The largest absolute Gasteiger partial charge is 0.414 e. The van der Waals surface area contributed by atoms with E-state index in [9.17, 15) is 5.11 Å². The molecule has 9 atom stereocenters. The molecule has 3 saturated heterocycles. The first-order valence-corrected chi connectivity index (χ1v) is 20.6. The predicted molar refractivity (Wildman–Crippen MR) is 192 cm³/mol. The van der Waals surface area contributed by atoms with Crippen molar-refractivity contribution in [2.75, 3.05) is 13.2 Å². The molecule has 1 N–H and O–H groups in total. The van der Waals surface area contributed by atoms with E-state index >= 15 is 0 Å². The maximum Gasteiger partial charge on any atom is 0.192 e. The van der Waals surface area contributed by atoms with Gasteiger partial charge in [-0.25, -0.2) is 0 Å². The van der Waals surface area contributed by atoms with Gasteiger partial charge in [0.05, 0.1) is 26.4 Å². The van der Waals surface area contributed by atoms with Crippen LogP contribution in [0.2, 0.25) is 18.1 Å². The van der Waals surface area contributed by atoms with Crippen molar-refractivity contribution in [3.05, 3.63) is 84.4 Å². The molecule has 3 fully saturated rings. The van der Waals surface area contributed by atoms with E-state index < -0.39 is 75.0 Å². The fourth-order valence-electron chi connectivity index (χ4n) is 6.18. The van der Waals surface area contributed by atoms with Crippen LogP contribution in [0.3, 0.4) is 0 Å². The van der Waals surface area contributed by atoms with E-state index in [1.807, 2.05) is 88.4 Å². The Hall–Kier alpha value is -2.00. The van der Waals surface area contributed by atoms with Crippen LogP contribution in [0.1, 0.15) is 59.6 Å². The van der Waals surface area contributed by atoms with Crippen molar-refractivity contribution in [2.45, 2.75) is 147 Å². The molecule has 3 aliphatic rings. The lowest BCUT2D eigenvalue weighted by Gasteiger charge is -2.48. The van der Waals surface area contributed by atoms with Gasteiger partial charge in [0, 0.05) is 0 Å². The number of benzene rings is 2. The molecule has 0 amide bonds. The second-order valence-corrected chi connectivity index (χ2v) is 20.7. The van der Waals surface area contributed by atoms with Crippen LogP contribution in [-0.4, -0.2) is 93.3 Å². The zero-order chi connectivity index (χ0) is 36.3. The standard InChI is InChI=1S/C39H58O10Si/c1-11-28(45-36-35-34(48-39(7,8)49-35)33-30(46-36)24-43-38(5,6)47-33)31(40)32(42-23-27-20-16-13-17-21-27)29(25-44-50(9,10)37(2,3)4)41-22-26-18-14-12-15-19-26/h11-21,28-36,40H,1,22-25H2,2-10H3/t28-,29+,30+,31-,32-,33+,34-,35-,36-/m0/s1. The van der Waals surface area contributed by atoms with E-state index in [2.05, 4.69) is 40.4 Å². The van der Waals surface area contributed by atoms with E-state index in [4.69, 9.17) is 42.3 Å². The number of rotatable bonds is 15. The molecule has 2 aromatic rings. The minimum atomic E-state index is -2.21. The van der Waals surface area contributed by atoms with Crippen LogP contribution in [0.4, 0.5) is 0 Å². The van der Waals surface area contributed by atoms with Gasteiger partial charge < -0.3 is 47.4 Å². The smallest absolute Gasteiger partial charge is 0.192 e. The van der Waals surface area contributed by atoms with Crippen LogP contribution in [0.15, 0.2) is 73.3 Å². The molecule has 0 aromatic heterocycles. The van der Waals surface area contributed by atoms with Gasteiger partial charge in [-0.2, -0.15) is 0 Å². The highest BCUT2D eigenvalue weighted by Crippen LogP contribution is 2.43. The van der Waals surface area contributed by atoms with E-state index in [-0.39, 0.29) is 24.9 Å². The number of fused-ring (bicyclic) bond motifs is 3. The Morgan fingerprint density at radius 2 is 1.42 bits per heavy atom. The molecule has 2 aromatic carbocycles. The van der Waals surface area contributed by atoms with Gasteiger partial charge in [-0.15, -0.1) is 6.58 Å². The normalized spacial score (nSPS) is 28.6. The summed E-state index contributed by atoms with van der Waals surface area (Å²) in [6.07, 6.45) is -5.08. The molecule has 0 radical (unpaired) electrons. The van der Waals surface area contributed by atoms with Crippen molar-refractivity contribution in [1.29, 1.82) is 0 Å². The lowest BCUT2D eigenvalue weighted by atomic mass is 9.97. The highest BCUT2D eigenvalue weighted by molar-refractivity contribution is 6.74. The zero-order valence-electron chi connectivity index (χ0n) is 31.2. The maximum atomic E-state index is 12.3. The van der Waals surface area contributed by atoms with Crippen molar-refractivity contribution in [3.8, 4) is 0 Å². The summed E-state index contributed by atoms with van der Waals surface area (Å²) in [5.41, 5.74) is 1.95. The minimum absolute atomic E-state index is 0.0334. The van der Waals surface area contributed by atoms with Crippen molar-refractivity contribution in [3.63, 3.8) is 0 Å². The molecular formula is C39H58O10Si. The van der Waals surface area contributed by atoms with Gasteiger partial charge >= 0.3 is 0 Å². The Labute approximate surface area is 299 Å². The van der Waals surface area contributed by atoms with Gasteiger partial charge in [-0.3, -0.25) is 0 Å². The molecule has 3 aliphatic heterocycles. The highest BCUT2D eigenvalue weighted by Gasteiger charge is 2.59. The summed E-state index contributed by atoms with van der Waals surface area (Å²) in [4.78, 5) is 0. The van der Waals surface area contributed by atoms with Gasteiger partial charge in [0.25, 0.3) is 0 Å². The number of aliphatic hydroxyl groups is 1. The second kappa shape index (κ2) is 15.9. The number of hydrogen-bond donors (Lipinski definition) is 1. The Bertz CT molecular complexity index is 1360. The molecule has 0 bridgehead atoms. The fourth-order valence-corrected chi connectivity index (χ4v) is 7.20. The molecule has 10 nitrogen and oxygen atoms in total. The second-order valence-electron chi connectivity index (χ2n) is 15.9. The van der Waals surface area contributed by atoms with Gasteiger partial charge in [0.15, 0.2) is 26.2 Å². The Balaban J connectivity index is 1.41. The average molecular weight is 715 g/mol. The Morgan fingerprint density at radius 1 is 0.860 bits per heavy atom. The summed E-state index contributed by atoms with van der Waals surface area (Å²) >= 11 is 0. The number of hydrogen-bond acceptors (Lipinski definition) is 10. The lowest BCUT2D eigenvalue weighted by molar-refractivity contribution is -0.375. The molecule has 50 heavy (non-hydrogen) atoms. The minimum Gasteiger partial charge on any atom is -0.414 e. The van der Waals surface area contributed by atoms with Gasteiger partial charge in [-0.1, -0.05) is 87.5 Å². The topological polar surface area (TPSA) is 103 Å². The third kappa shape index (κ3) is 9.70. The molecule has 11 heteroatoms. The summed E-state index contributed by atoms with van der Waals surface area (Å²) in [5.74, 6) is -1.70. The van der Waals surface area contributed by atoms with E-state index in [0.29, 0.717) is 6.61 Å². The van der Waals surface area contributed by atoms with Crippen molar-refractivity contribution in [1.82, 2.24) is 0 Å². The van der Waals surface area contributed by atoms with Gasteiger partial charge in [0.2, 0.25) is 0 Å². The molecule has 0 saturated carbocycles. The lowest BCUT2D eigenvalue weighted by Crippen LogP contribution is -2.64. The molecule has 0 spiro atoms. The van der Waals surface area contributed by atoms with Gasteiger partial charge in [-0.05, 0) is 57.0 Å². The number of aliphatic hydroxyl groups excluding tert-OH is 1. The molecule has 5 rings (SSSR count). The number of ether oxygens (including phenoxy) is 8. The van der Waals surface area contributed by atoms with E-state index in [0.717, 1.165) is 11.1 Å². The average Bonchev–Trinajstić information content (AvgIpc) is 3.40. The van der Waals surface area contributed by atoms with E-state index in [1.54, 1.807) is 6.08 Å². The fraction of sp³-hybridized carbons (Fsp3) is 0.641. The van der Waals surface area contributed by atoms with Crippen molar-refractivity contribution >= 4 is 8.32 Å². The molecule has 0 aliphatic carbocycles. The van der Waals surface area contributed by atoms with Crippen LogP contribution >= 0.6 is 0 Å². The molecule has 3 heterocycles. The van der Waals surface area contributed by atoms with Crippen LogP contribution in [-0.2, 0) is 55.5 Å². The summed E-state index contributed by atoms with van der Waals surface area (Å²) < 4.78 is 57.8. The molecule has 278 valence electrons. The van der Waals surface area contributed by atoms with Crippen LogP contribution in [0.5, 0.6) is 0 Å². The van der Waals surface area contributed by atoms with Crippen LogP contribution < -0.4 is 0 Å². The third-order valence-electron chi connectivity index (χ3n) is 10.0. The quantitative estimate of drug-likeness (QED) is 0.162. The first-order chi connectivity index (χ1) is 23.5. The summed E-state index contributed by atoms with van der Waals surface area (Å²) in [7, 11) is -2.21. The first-order valence-electron chi connectivity index (χ1n) is 17.7. The third-order valence-corrected chi connectivity index (χ3v) is 14.5. The highest BCUT2D eigenvalue weighted by atomic mass is 28.4. The predicted octanol–water partition coefficient (Wildman–Crippen LogP) is 6.51. The van der Waals surface area contributed by atoms with E-state index in [1.165, 1.54) is 0 Å². The SMILES string of the molecule is C=C[C@H](O[C@H]1O[C@@H]2COC(C)(C)O[C@H]2[C@@H]2OC(C)(C)O[C@H]12)[C@H](O)[C@@H](OCc1ccccc1)[C@@H](CO[Si](C)(C)C(C)(C)C)OCc1ccccc1. The maximum absolute atomic E-state index is 12.3. The monoisotopic (exact) mass is 714 g/mol. The van der Waals surface area contributed by atoms with Gasteiger partial charge in [0.1, 0.15) is 48.8 Å². The summed E-state index contributed by atoms with van der Waals surface area (Å²) in [5, 5.41) is 12.2.